The highest BCUT2D eigenvalue weighted by Gasteiger charge is 2.38. The summed E-state index contributed by atoms with van der Waals surface area (Å²) in [6.07, 6.45) is 1.69. The molecule has 2 aliphatic rings. The number of benzene rings is 2. The maximum absolute atomic E-state index is 13.2. The Labute approximate surface area is 196 Å². The quantitative estimate of drug-likeness (QED) is 0.568. The van der Waals surface area contributed by atoms with E-state index in [9.17, 15) is 14.0 Å². The van der Waals surface area contributed by atoms with Crippen molar-refractivity contribution in [2.45, 2.75) is 39.2 Å². The normalized spacial score (nSPS) is 19.5. The standard InChI is InChI=1S/C25H26FN3O3S/c1-15-3-4-16(2)23-22(15)27-25(33-23)32-20-9-11-28(12-10-20)24(31)17-13-21(30)29(14-17)19-7-5-18(26)6-8-19/h3-8,17,20H,9-14H2,1-2H3. The van der Waals surface area contributed by atoms with Gasteiger partial charge in [-0.25, -0.2) is 9.37 Å². The Morgan fingerprint density at radius 2 is 1.79 bits per heavy atom. The van der Waals surface area contributed by atoms with Gasteiger partial charge >= 0.3 is 0 Å². The molecule has 2 aromatic carbocycles. The van der Waals surface area contributed by atoms with Crippen molar-refractivity contribution in [1.29, 1.82) is 0 Å². The number of likely N-dealkylation sites (tertiary alicyclic amines) is 1. The van der Waals surface area contributed by atoms with E-state index in [0.29, 0.717) is 30.5 Å². The lowest BCUT2D eigenvalue weighted by atomic mass is 10.0. The van der Waals surface area contributed by atoms with Gasteiger partial charge in [-0.2, -0.15) is 0 Å². The van der Waals surface area contributed by atoms with E-state index in [-0.39, 0.29) is 36.1 Å². The molecule has 0 bridgehead atoms. The van der Waals surface area contributed by atoms with Crippen molar-refractivity contribution >= 4 is 39.1 Å². The molecule has 0 saturated carbocycles. The molecule has 8 heteroatoms. The molecule has 0 N–H and O–H groups in total. The molecular formula is C25H26FN3O3S. The highest BCUT2D eigenvalue weighted by Crippen LogP contribution is 2.34. The van der Waals surface area contributed by atoms with Crippen LogP contribution < -0.4 is 9.64 Å². The van der Waals surface area contributed by atoms with Gasteiger partial charge in [-0.05, 0) is 49.2 Å². The van der Waals surface area contributed by atoms with Gasteiger partial charge in [-0.1, -0.05) is 23.5 Å². The number of ether oxygens (including phenoxy) is 1. The number of nitrogens with zero attached hydrogens (tertiary/aromatic N) is 3. The van der Waals surface area contributed by atoms with E-state index in [4.69, 9.17) is 4.74 Å². The number of aromatic nitrogens is 1. The van der Waals surface area contributed by atoms with E-state index in [1.54, 1.807) is 28.4 Å². The Hall–Kier alpha value is -3.00. The lowest BCUT2D eigenvalue weighted by molar-refractivity contribution is -0.137. The first-order valence-electron chi connectivity index (χ1n) is 11.3. The second kappa shape index (κ2) is 8.74. The van der Waals surface area contributed by atoms with E-state index in [1.807, 2.05) is 4.90 Å². The van der Waals surface area contributed by atoms with Gasteiger partial charge in [0.2, 0.25) is 11.8 Å². The maximum Gasteiger partial charge on any atom is 0.274 e. The van der Waals surface area contributed by atoms with E-state index in [0.717, 1.165) is 28.6 Å². The van der Waals surface area contributed by atoms with E-state index in [1.165, 1.54) is 17.7 Å². The summed E-state index contributed by atoms with van der Waals surface area (Å²) in [4.78, 5) is 33.6. The summed E-state index contributed by atoms with van der Waals surface area (Å²) >= 11 is 1.58. The molecule has 5 rings (SSSR count). The number of carbonyl (C=O) groups excluding carboxylic acids is 2. The van der Waals surface area contributed by atoms with E-state index >= 15 is 0 Å². The van der Waals surface area contributed by atoms with Gasteiger partial charge in [0.25, 0.3) is 5.19 Å². The molecular weight excluding hydrogens is 441 g/mol. The van der Waals surface area contributed by atoms with Crippen LogP contribution in [0.5, 0.6) is 5.19 Å². The molecule has 2 saturated heterocycles. The molecule has 0 aliphatic carbocycles. The van der Waals surface area contributed by atoms with E-state index < -0.39 is 0 Å². The van der Waals surface area contributed by atoms with Crippen molar-refractivity contribution < 1.29 is 18.7 Å². The van der Waals surface area contributed by atoms with Crippen molar-refractivity contribution in [2.24, 2.45) is 5.92 Å². The lowest BCUT2D eigenvalue weighted by Crippen LogP contribution is -2.44. The minimum Gasteiger partial charge on any atom is -0.467 e. The number of rotatable bonds is 4. The Morgan fingerprint density at radius 3 is 2.48 bits per heavy atom. The number of hydrogen-bond donors (Lipinski definition) is 0. The first kappa shape index (κ1) is 21.8. The molecule has 3 heterocycles. The minimum atomic E-state index is -0.366. The average molecular weight is 468 g/mol. The molecule has 2 fully saturated rings. The Bertz CT molecular complexity index is 1160. The van der Waals surface area contributed by atoms with Crippen LogP contribution in [0.3, 0.4) is 0 Å². The van der Waals surface area contributed by atoms with Gasteiger partial charge < -0.3 is 14.5 Å². The first-order chi connectivity index (χ1) is 15.9. The zero-order chi connectivity index (χ0) is 23.1. The van der Waals surface area contributed by atoms with Gasteiger partial charge in [-0.3, -0.25) is 9.59 Å². The van der Waals surface area contributed by atoms with Crippen molar-refractivity contribution in [3.05, 3.63) is 53.3 Å². The molecule has 6 nitrogen and oxygen atoms in total. The Kier molecular flexibility index (Phi) is 5.78. The molecule has 1 aromatic heterocycles. The van der Waals surface area contributed by atoms with Gasteiger partial charge in [0.15, 0.2) is 0 Å². The summed E-state index contributed by atoms with van der Waals surface area (Å²) in [6, 6.07) is 10.0. The molecule has 2 aliphatic heterocycles. The second-order valence-electron chi connectivity index (χ2n) is 8.88. The van der Waals surface area contributed by atoms with Crippen molar-refractivity contribution in [2.75, 3.05) is 24.5 Å². The fourth-order valence-electron chi connectivity index (χ4n) is 4.63. The number of anilines is 1. The van der Waals surface area contributed by atoms with Gasteiger partial charge in [0.1, 0.15) is 11.9 Å². The molecule has 0 radical (unpaired) electrons. The molecule has 3 aromatic rings. The molecule has 1 unspecified atom stereocenters. The third kappa shape index (κ3) is 4.31. The first-order valence-corrected chi connectivity index (χ1v) is 12.1. The van der Waals surface area contributed by atoms with Crippen LogP contribution in [-0.2, 0) is 9.59 Å². The van der Waals surface area contributed by atoms with Crippen molar-refractivity contribution in [3.8, 4) is 5.19 Å². The molecule has 33 heavy (non-hydrogen) atoms. The fraction of sp³-hybridized carbons (Fsp3) is 0.400. The SMILES string of the molecule is Cc1ccc(C)c2sc(OC3CCN(C(=O)C4CC(=O)N(c5ccc(F)cc5)C4)CC3)nc12. The number of carbonyl (C=O) groups is 2. The Morgan fingerprint density at radius 1 is 1.09 bits per heavy atom. The lowest BCUT2D eigenvalue weighted by Gasteiger charge is -2.33. The minimum absolute atomic E-state index is 0.0117. The summed E-state index contributed by atoms with van der Waals surface area (Å²) in [5.41, 5.74) is 3.97. The summed E-state index contributed by atoms with van der Waals surface area (Å²) in [7, 11) is 0. The van der Waals surface area contributed by atoms with Crippen LogP contribution in [0, 0.1) is 25.6 Å². The van der Waals surface area contributed by atoms with E-state index in [2.05, 4.69) is 31.0 Å². The average Bonchev–Trinajstić information content (AvgIpc) is 3.42. The van der Waals surface area contributed by atoms with Crippen LogP contribution in [0.15, 0.2) is 36.4 Å². The monoisotopic (exact) mass is 467 g/mol. The molecule has 2 amide bonds. The second-order valence-corrected chi connectivity index (χ2v) is 9.84. The summed E-state index contributed by atoms with van der Waals surface area (Å²) in [5, 5.41) is 0.684. The zero-order valence-electron chi connectivity index (χ0n) is 18.7. The molecule has 1 atom stereocenters. The molecule has 172 valence electrons. The topological polar surface area (TPSA) is 62.7 Å². The third-order valence-corrected chi connectivity index (χ3v) is 7.64. The van der Waals surface area contributed by atoms with Crippen LogP contribution in [0.25, 0.3) is 10.2 Å². The summed E-state index contributed by atoms with van der Waals surface area (Å²) in [6.45, 7) is 5.69. The van der Waals surface area contributed by atoms with Crippen LogP contribution in [0.4, 0.5) is 10.1 Å². The fourth-order valence-corrected chi connectivity index (χ4v) is 5.66. The largest absolute Gasteiger partial charge is 0.467 e. The highest BCUT2D eigenvalue weighted by atomic mass is 32.1. The molecule has 0 spiro atoms. The number of thiazole rings is 1. The van der Waals surface area contributed by atoms with Gasteiger partial charge in [0, 0.05) is 44.6 Å². The van der Waals surface area contributed by atoms with Crippen LogP contribution in [-0.4, -0.2) is 47.4 Å². The van der Waals surface area contributed by atoms with Gasteiger partial charge in [0.05, 0.1) is 16.1 Å². The van der Waals surface area contributed by atoms with Crippen LogP contribution >= 0.6 is 11.3 Å². The highest BCUT2D eigenvalue weighted by molar-refractivity contribution is 7.20. The number of hydrogen-bond acceptors (Lipinski definition) is 5. The number of piperidine rings is 1. The van der Waals surface area contributed by atoms with Gasteiger partial charge in [-0.15, -0.1) is 0 Å². The number of aryl methyl sites for hydroxylation is 2. The third-order valence-electron chi connectivity index (χ3n) is 6.56. The predicted molar refractivity (Wildman–Crippen MR) is 126 cm³/mol. The smallest absolute Gasteiger partial charge is 0.274 e. The maximum atomic E-state index is 13.2. The van der Waals surface area contributed by atoms with Crippen molar-refractivity contribution in [1.82, 2.24) is 9.88 Å². The summed E-state index contributed by atoms with van der Waals surface area (Å²) < 4.78 is 20.5. The zero-order valence-corrected chi connectivity index (χ0v) is 19.5. The van der Waals surface area contributed by atoms with Crippen LogP contribution in [0.2, 0.25) is 0 Å². The Balaban J connectivity index is 1.18. The number of fused-ring (bicyclic) bond motifs is 1. The number of amides is 2. The predicted octanol–water partition coefficient (Wildman–Crippen LogP) is 4.48. The van der Waals surface area contributed by atoms with Crippen LogP contribution in [0.1, 0.15) is 30.4 Å². The van der Waals surface area contributed by atoms with Crippen molar-refractivity contribution in [3.63, 3.8) is 0 Å². The summed E-state index contributed by atoms with van der Waals surface area (Å²) in [5.74, 6) is -0.799. The number of halogens is 1.